The fourth-order valence-corrected chi connectivity index (χ4v) is 1.74. The van der Waals surface area contributed by atoms with Gasteiger partial charge in [-0.05, 0) is 0 Å². The Labute approximate surface area is 134 Å². The Kier molecular flexibility index (Phi) is 6.70. The van der Waals surface area contributed by atoms with Crippen LogP contribution in [0.2, 0.25) is 0 Å². The number of hydrogen-bond acceptors (Lipinski definition) is 8. The van der Waals surface area contributed by atoms with Gasteiger partial charge in [0.1, 0.15) is 0 Å². The van der Waals surface area contributed by atoms with Gasteiger partial charge in [0, 0.05) is 12.8 Å². The molecule has 0 saturated heterocycles. The SMILES string of the molecule is NC(CC(=O)O)(C(=O)O)C(=O)CCC(=O)C(N)(CC(=O)O)C(=O)O. The van der Waals surface area contributed by atoms with Crippen LogP contribution in [0.4, 0.5) is 0 Å². The Morgan fingerprint density at radius 1 is 0.625 bits per heavy atom. The van der Waals surface area contributed by atoms with Gasteiger partial charge in [-0.2, -0.15) is 0 Å². The molecule has 134 valence electrons. The lowest BCUT2D eigenvalue weighted by Crippen LogP contribution is -2.58. The molecule has 0 aromatic carbocycles. The van der Waals surface area contributed by atoms with Crippen molar-refractivity contribution < 1.29 is 49.2 Å². The van der Waals surface area contributed by atoms with Crippen molar-refractivity contribution in [3.63, 3.8) is 0 Å². The van der Waals surface area contributed by atoms with Gasteiger partial charge in [0.15, 0.2) is 22.6 Å². The first-order valence-electron chi connectivity index (χ1n) is 6.32. The summed E-state index contributed by atoms with van der Waals surface area (Å²) >= 11 is 0. The average Bonchev–Trinajstić information content (AvgIpc) is 2.41. The second-order valence-corrected chi connectivity index (χ2v) is 5.04. The lowest BCUT2D eigenvalue weighted by Gasteiger charge is -2.23. The Hall–Kier alpha value is -2.86. The van der Waals surface area contributed by atoms with E-state index in [-0.39, 0.29) is 0 Å². The van der Waals surface area contributed by atoms with Crippen molar-refractivity contribution in [2.75, 3.05) is 0 Å². The summed E-state index contributed by atoms with van der Waals surface area (Å²) in [6.07, 6.45) is -4.34. The summed E-state index contributed by atoms with van der Waals surface area (Å²) in [5.74, 6) is -9.91. The fraction of sp³-hybridized carbons (Fsp3) is 0.500. The minimum Gasteiger partial charge on any atom is -0.481 e. The third kappa shape index (κ3) is 4.82. The van der Waals surface area contributed by atoms with Crippen molar-refractivity contribution in [1.29, 1.82) is 0 Å². The van der Waals surface area contributed by atoms with Crippen molar-refractivity contribution in [2.45, 2.75) is 36.8 Å². The minimum absolute atomic E-state index is 0.916. The number of carboxylic acids is 4. The number of carboxylic acid groups (broad SMARTS) is 4. The van der Waals surface area contributed by atoms with E-state index < -0.39 is 72.2 Å². The second kappa shape index (κ2) is 7.61. The first-order valence-corrected chi connectivity index (χ1v) is 6.32. The van der Waals surface area contributed by atoms with Gasteiger partial charge in [-0.15, -0.1) is 0 Å². The van der Waals surface area contributed by atoms with E-state index in [0.29, 0.717) is 0 Å². The number of aliphatic carboxylic acids is 4. The van der Waals surface area contributed by atoms with Crippen LogP contribution in [-0.2, 0) is 28.8 Å². The van der Waals surface area contributed by atoms with Crippen molar-refractivity contribution in [3.8, 4) is 0 Å². The Balaban J connectivity index is 5.22. The summed E-state index contributed by atoms with van der Waals surface area (Å²) in [7, 11) is 0. The highest BCUT2D eigenvalue weighted by molar-refractivity contribution is 6.13. The normalized spacial score (nSPS) is 15.6. The van der Waals surface area contributed by atoms with E-state index in [1.54, 1.807) is 0 Å². The van der Waals surface area contributed by atoms with E-state index in [0.717, 1.165) is 0 Å². The van der Waals surface area contributed by atoms with Gasteiger partial charge in [-0.3, -0.25) is 19.2 Å². The van der Waals surface area contributed by atoms with E-state index in [4.69, 9.17) is 31.9 Å². The highest BCUT2D eigenvalue weighted by atomic mass is 16.4. The van der Waals surface area contributed by atoms with E-state index in [1.807, 2.05) is 0 Å². The zero-order valence-corrected chi connectivity index (χ0v) is 12.2. The number of rotatable bonds is 11. The summed E-state index contributed by atoms with van der Waals surface area (Å²) in [4.78, 5) is 66.9. The molecule has 0 spiro atoms. The van der Waals surface area contributed by atoms with Crippen molar-refractivity contribution in [1.82, 2.24) is 0 Å². The number of hydrogen-bond donors (Lipinski definition) is 6. The molecule has 24 heavy (non-hydrogen) atoms. The van der Waals surface area contributed by atoms with Crippen LogP contribution in [0, 0.1) is 0 Å². The monoisotopic (exact) mass is 348 g/mol. The van der Waals surface area contributed by atoms with Gasteiger partial charge in [-0.25, -0.2) is 9.59 Å². The number of carbonyl (C=O) groups excluding carboxylic acids is 2. The summed E-state index contributed by atoms with van der Waals surface area (Å²) < 4.78 is 0. The molecule has 0 radical (unpaired) electrons. The highest BCUT2D eigenvalue weighted by Gasteiger charge is 2.47. The summed E-state index contributed by atoms with van der Waals surface area (Å²) in [6.45, 7) is 0. The lowest BCUT2D eigenvalue weighted by molar-refractivity contribution is -0.156. The van der Waals surface area contributed by atoms with Crippen molar-refractivity contribution >= 4 is 35.4 Å². The Bertz CT molecular complexity index is 549. The van der Waals surface area contributed by atoms with E-state index in [2.05, 4.69) is 0 Å². The summed E-state index contributed by atoms with van der Waals surface area (Å²) in [6, 6.07) is 0. The molecule has 0 bridgehead atoms. The topological polar surface area (TPSA) is 235 Å². The first-order chi connectivity index (χ1) is 10.8. The number of ketones is 2. The molecule has 2 unspecified atom stereocenters. The molecule has 12 nitrogen and oxygen atoms in total. The third-order valence-electron chi connectivity index (χ3n) is 3.20. The number of Topliss-reactive ketones (excluding diaryl/α,β-unsaturated/α-hetero) is 2. The van der Waals surface area contributed by atoms with Crippen LogP contribution in [-0.4, -0.2) is 66.9 Å². The molecule has 0 aromatic heterocycles. The molecule has 2 atom stereocenters. The van der Waals surface area contributed by atoms with Gasteiger partial charge in [-0.1, -0.05) is 0 Å². The second-order valence-electron chi connectivity index (χ2n) is 5.04. The van der Waals surface area contributed by atoms with Crippen LogP contribution in [0.15, 0.2) is 0 Å². The molecule has 0 aliphatic heterocycles. The molecule has 12 heteroatoms. The van der Waals surface area contributed by atoms with Gasteiger partial charge >= 0.3 is 23.9 Å². The molecule has 0 amide bonds. The Morgan fingerprint density at radius 2 is 0.875 bits per heavy atom. The molecule has 0 aliphatic rings. The predicted octanol–water partition coefficient (Wildman–Crippen LogP) is -2.58. The summed E-state index contributed by atoms with van der Waals surface area (Å²) in [5.41, 5.74) is 4.86. The number of nitrogens with two attached hydrogens (primary N) is 2. The van der Waals surface area contributed by atoms with E-state index >= 15 is 0 Å². The molecule has 0 fully saturated rings. The van der Waals surface area contributed by atoms with Crippen LogP contribution in [0.25, 0.3) is 0 Å². The van der Waals surface area contributed by atoms with Crippen LogP contribution < -0.4 is 11.5 Å². The third-order valence-corrected chi connectivity index (χ3v) is 3.20. The largest absolute Gasteiger partial charge is 0.481 e. The molecule has 8 N–H and O–H groups in total. The fourth-order valence-electron chi connectivity index (χ4n) is 1.74. The van der Waals surface area contributed by atoms with Crippen molar-refractivity contribution in [2.24, 2.45) is 11.5 Å². The van der Waals surface area contributed by atoms with Gasteiger partial charge in [0.2, 0.25) is 0 Å². The molecule has 0 aliphatic carbocycles. The zero-order valence-electron chi connectivity index (χ0n) is 12.2. The first kappa shape index (κ1) is 21.1. The number of carbonyl (C=O) groups is 6. The van der Waals surface area contributed by atoms with Crippen molar-refractivity contribution in [3.05, 3.63) is 0 Å². The maximum Gasteiger partial charge on any atom is 0.332 e. The molecule has 0 saturated carbocycles. The lowest BCUT2D eigenvalue weighted by atomic mass is 9.84. The Morgan fingerprint density at radius 3 is 1.04 bits per heavy atom. The molecular weight excluding hydrogens is 332 g/mol. The molecule has 0 aromatic rings. The van der Waals surface area contributed by atoms with Gasteiger partial charge in [0.05, 0.1) is 12.8 Å². The van der Waals surface area contributed by atoms with Crippen LogP contribution in [0.5, 0.6) is 0 Å². The van der Waals surface area contributed by atoms with Gasteiger partial charge in [0.25, 0.3) is 0 Å². The van der Waals surface area contributed by atoms with Crippen LogP contribution in [0.1, 0.15) is 25.7 Å². The molecular formula is C12H16N2O10. The van der Waals surface area contributed by atoms with Crippen LogP contribution >= 0.6 is 0 Å². The van der Waals surface area contributed by atoms with E-state index in [9.17, 15) is 28.8 Å². The molecule has 0 heterocycles. The zero-order chi connectivity index (χ0) is 19.3. The standard InChI is InChI=1S/C12H16N2O10/c13-11(9(21)22,3-7(17)18)5(15)1-2-6(16)12(14,10(23)24)4-8(19)20/h1-4,13-14H2,(H,17,18)(H,19,20)(H,21,22)(H,23,24). The highest BCUT2D eigenvalue weighted by Crippen LogP contribution is 2.17. The average molecular weight is 348 g/mol. The van der Waals surface area contributed by atoms with Crippen LogP contribution in [0.3, 0.4) is 0 Å². The smallest absolute Gasteiger partial charge is 0.332 e. The van der Waals surface area contributed by atoms with Gasteiger partial charge < -0.3 is 31.9 Å². The minimum atomic E-state index is -2.81. The maximum absolute atomic E-state index is 11.8. The molecule has 0 rings (SSSR count). The quantitative estimate of drug-likeness (QED) is 0.211. The predicted molar refractivity (Wildman–Crippen MR) is 72.9 cm³/mol. The maximum atomic E-state index is 11.8. The van der Waals surface area contributed by atoms with E-state index in [1.165, 1.54) is 0 Å². The summed E-state index contributed by atoms with van der Waals surface area (Å²) in [5, 5.41) is 35.0.